The largest absolute Gasteiger partial charge is 0.463 e. The second-order valence-electron chi connectivity index (χ2n) is 3.04. The number of hydrogen-bond acceptors (Lipinski definition) is 3. The predicted octanol–water partition coefficient (Wildman–Crippen LogP) is 2.22. The first kappa shape index (κ1) is 11.3. The third kappa shape index (κ3) is 3.85. The van der Waals surface area contributed by atoms with E-state index in [9.17, 15) is 4.79 Å². The van der Waals surface area contributed by atoms with Gasteiger partial charge in [0, 0.05) is 17.8 Å². The summed E-state index contributed by atoms with van der Waals surface area (Å²) in [5.74, 6) is -0.346. The van der Waals surface area contributed by atoms with Crippen molar-refractivity contribution in [1.29, 1.82) is 0 Å². The van der Waals surface area contributed by atoms with E-state index in [1.165, 1.54) is 0 Å². The summed E-state index contributed by atoms with van der Waals surface area (Å²) in [6.07, 6.45) is 0. The zero-order valence-corrected chi connectivity index (χ0v) is 8.82. The molecule has 0 saturated carbocycles. The Morgan fingerprint density at radius 2 is 2.07 bits per heavy atom. The van der Waals surface area contributed by atoms with Crippen LogP contribution in [0.4, 0.5) is 5.69 Å². The van der Waals surface area contributed by atoms with Gasteiger partial charge in [0.25, 0.3) is 0 Å². The van der Waals surface area contributed by atoms with Crippen LogP contribution in [0.3, 0.4) is 0 Å². The normalized spacial score (nSPS) is 9.40. The molecule has 0 heterocycles. The molecular formula is C12H15NO2. The standard InChI is InChI=1S/C12H15NO2/c1-3-15-12(14)10(2)9-13-11-7-5-4-6-8-11/h4-8,13H,2-3,9H2,1H3. The molecule has 1 aromatic rings. The van der Waals surface area contributed by atoms with Crippen LogP contribution in [0.25, 0.3) is 0 Å². The lowest BCUT2D eigenvalue weighted by atomic mass is 10.2. The zero-order chi connectivity index (χ0) is 11.1. The molecule has 1 N–H and O–H groups in total. The Morgan fingerprint density at radius 1 is 1.40 bits per heavy atom. The van der Waals surface area contributed by atoms with Gasteiger partial charge in [-0.25, -0.2) is 4.79 Å². The van der Waals surface area contributed by atoms with E-state index in [2.05, 4.69) is 11.9 Å². The van der Waals surface area contributed by atoms with Crippen molar-refractivity contribution in [3.05, 3.63) is 42.5 Å². The van der Waals surface area contributed by atoms with Gasteiger partial charge >= 0.3 is 5.97 Å². The molecule has 15 heavy (non-hydrogen) atoms. The number of nitrogens with one attached hydrogen (secondary N) is 1. The lowest BCUT2D eigenvalue weighted by Gasteiger charge is -2.07. The topological polar surface area (TPSA) is 38.3 Å². The monoisotopic (exact) mass is 205 g/mol. The van der Waals surface area contributed by atoms with Crippen LogP contribution in [0.5, 0.6) is 0 Å². The third-order valence-corrected chi connectivity index (χ3v) is 1.84. The van der Waals surface area contributed by atoms with Crippen LogP contribution in [0.15, 0.2) is 42.5 Å². The van der Waals surface area contributed by atoms with E-state index in [1.807, 2.05) is 30.3 Å². The van der Waals surface area contributed by atoms with E-state index >= 15 is 0 Å². The first-order chi connectivity index (χ1) is 7.24. The molecule has 0 aliphatic carbocycles. The quantitative estimate of drug-likeness (QED) is 0.591. The predicted molar refractivity (Wildman–Crippen MR) is 60.7 cm³/mol. The molecule has 80 valence electrons. The number of carbonyl (C=O) groups is 1. The number of benzene rings is 1. The fraction of sp³-hybridized carbons (Fsp3) is 0.250. The summed E-state index contributed by atoms with van der Waals surface area (Å²) in [4.78, 5) is 11.2. The number of rotatable bonds is 5. The first-order valence-corrected chi connectivity index (χ1v) is 4.88. The van der Waals surface area contributed by atoms with Crippen molar-refractivity contribution in [3.8, 4) is 0 Å². The number of para-hydroxylation sites is 1. The highest BCUT2D eigenvalue weighted by Crippen LogP contribution is 2.06. The van der Waals surface area contributed by atoms with Crippen LogP contribution in [0, 0.1) is 0 Å². The van der Waals surface area contributed by atoms with Crippen molar-refractivity contribution in [2.24, 2.45) is 0 Å². The Morgan fingerprint density at radius 3 is 2.67 bits per heavy atom. The second kappa shape index (κ2) is 5.86. The second-order valence-corrected chi connectivity index (χ2v) is 3.04. The average Bonchev–Trinajstić information content (AvgIpc) is 2.27. The third-order valence-electron chi connectivity index (χ3n) is 1.84. The van der Waals surface area contributed by atoms with Gasteiger partial charge < -0.3 is 10.1 Å². The maximum absolute atomic E-state index is 11.2. The molecule has 0 amide bonds. The molecule has 3 nitrogen and oxygen atoms in total. The molecule has 0 aliphatic rings. The maximum atomic E-state index is 11.2. The summed E-state index contributed by atoms with van der Waals surface area (Å²) in [5.41, 5.74) is 1.39. The average molecular weight is 205 g/mol. The van der Waals surface area contributed by atoms with Crippen molar-refractivity contribution < 1.29 is 9.53 Å². The molecule has 0 bridgehead atoms. The summed E-state index contributed by atoms with van der Waals surface area (Å²) in [6.45, 7) is 6.21. The molecule has 0 spiro atoms. The van der Waals surface area contributed by atoms with Crippen molar-refractivity contribution in [2.75, 3.05) is 18.5 Å². The van der Waals surface area contributed by atoms with Gasteiger partial charge in [-0.3, -0.25) is 0 Å². The first-order valence-electron chi connectivity index (χ1n) is 4.88. The maximum Gasteiger partial charge on any atom is 0.335 e. The van der Waals surface area contributed by atoms with Crippen LogP contribution >= 0.6 is 0 Å². The molecule has 0 aromatic heterocycles. The van der Waals surface area contributed by atoms with Gasteiger partial charge in [0.1, 0.15) is 0 Å². The zero-order valence-electron chi connectivity index (χ0n) is 8.82. The highest BCUT2D eigenvalue weighted by Gasteiger charge is 2.06. The number of carbonyl (C=O) groups excluding carboxylic acids is 1. The van der Waals surface area contributed by atoms with Crippen LogP contribution in [-0.2, 0) is 9.53 Å². The van der Waals surface area contributed by atoms with Gasteiger partial charge in [-0.15, -0.1) is 0 Å². The van der Waals surface area contributed by atoms with E-state index in [1.54, 1.807) is 6.92 Å². The van der Waals surface area contributed by atoms with Crippen LogP contribution < -0.4 is 5.32 Å². The Hall–Kier alpha value is -1.77. The fourth-order valence-electron chi connectivity index (χ4n) is 1.07. The van der Waals surface area contributed by atoms with Crippen molar-refractivity contribution in [1.82, 2.24) is 0 Å². The summed E-state index contributed by atoms with van der Waals surface area (Å²) in [7, 11) is 0. The lowest BCUT2D eigenvalue weighted by molar-refractivity contribution is -0.138. The van der Waals surface area contributed by atoms with Gasteiger partial charge in [0.2, 0.25) is 0 Å². The van der Waals surface area contributed by atoms with Crippen LogP contribution in [0.2, 0.25) is 0 Å². The Kier molecular flexibility index (Phi) is 4.41. The molecule has 0 fully saturated rings. The highest BCUT2D eigenvalue weighted by molar-refractivity contribution is 5.88. The van der Waals surface area contributed by atoms with E-state index in [0.717, 1.165) is 5.69 Å². The Balaban J connectivity index is 2.38. The van der Waals surface area contributed by atoms with E-state index < -0.39 is 0 Å². The minimum atomic E-state index is -0.346. The molecule has 0 unspecified atom stereocenters. The van der Waals surface area contributed by atoms with E-state index in [4.69, 9.17) is 4.74 Å². The Labute approximate surface area is 89.8 Å². The molecule has 1 aromatic carbocycles. The lowest BCUT2D eigenvalue weighted by Crippen LogP contribution is -2.14. The van der Waals surface area contributed by atoms with Gasteiger partial charge in [-0.05, 0) is 19.1 Å². The molecule has 3 heteroatoms. The number of esters is 1. The summed E-state index contributed by atoms with van der Waals surface area (Å²) in [5, 5.41) is 3.08. The van der Waals surface area contributed by atoms with Crippen LogP contribution in [0.1, 0.15) is 6.92 Å². The molecule has 1 rings (SSSR count). The van der Waals surface area contributed by atoms with Crippen molar-refractivity contribution in [2.45, 2.75) is 6.92 Å². The van der Waals surface area contributed by atoms with Crippen molar-refractivity contribution >= 4 is 11.7 Å². The highest BCUT2D eigenvalue weighted by atomic mass is 16.5. The summed E-state index contributed by atoms with van der Waals surface area (Å²) >= 11 is 0. The number of ether oxygens (including phenoxy) is 1. The molecular weight excluding hydrogens is 190 g/mol. The van der Waals surface area contributed by atoms with Crippen molar-refractivity contribution in [3.63, 3.8) is 0 Å². The van der Waals surface area contributed by atoms with Gasteiger partial charge in [0.05, 0.1) is 6.61 Å². The number of hydrogen-bond donors (Lipinski definition) is 1. The number of anilines is 1. The SMILES string of the molecule is C=C(CNc1ccccc1)C(=O)OCC. The summed E-state index contributed by atoms with van der Waals surface area (Å²) in [6, 6.07) is 9.65. The minimum absolute atomic E-state index is 0.346. The van der Waals surface area contributed by atoms with Crippen LogP contribution in [-0.4, -0.2) is 19.1 Å². The summed E-state index contributed by atoms with van der Waals surface area (Å²) < 4.78 is 4.81. The molecule has 0 saturated heterocycles. The minimum Gasteiger partial charge on any atom is -0.463 e. The van der Waals surface area contributed by atoms with E-state index in [0.29, 0.717) is 18.7 Å². The van der Waals surface area contributed by atoms with Gasteiger partial charge in [-0.2, -0.15) is 0 Å². The van der Waals surface area contributed by atoms with Gasteiger partial charge in [0.15, 0.2) is 0 Å². The Bertz CT molecular complexity index is 333. The molecule has 0 radical (unpaired) electrons. The molecule has 0 aliphatic heterocycles. The van der Waals surface area contributed by atoms with Gasteiger partial charge in [-0.1, -0.05) is 24.8 Å². The fourth-order valence-corrected chi connectivity index (χ4v) is 1.07. The smallest absolute Gasteiger partial charge is 0.335 e. The molecule has 0 atom stereocenters. The van der Waals surface area contributed by atoms with E-state index in [-0.39, 0.29) is 5.97 Å².